The highest BCUT2D eigenvalue weighted by atomic mass is 32.2. The molecular formula is C17H21NO2S. The van der Waals surface area contributed by atoms with E-state index < -0.39 is 10.0 Å². The molecule has 2 rings (SSSR count). The Kier molecular flexibility index (Phi) is 4.80. The lowest BCUT2D eigenvalue weighted by Crippen LogP contribution is -2.28. The predicted octanol–water partition coefficient (Wildman–Crippen LogP) is 3.48. The van der Waals surface area contributed by atoms with Gasteiger partial charge < -0.3 is 0 Å². The fourth-order valence-corrected chi connectivity index (χ4v) is 3.86. The van der Waals surface area contributed by atoms with Crippen LogP contribution in [0.2, 0.25) is 0 Å². The Balaban J connectivity index is 2.12. The first-order valence-electron chi connectivity index (χ1n) is 6.98. The van der Waals surface area contributed by atoms with Crippen LogP contribution < -0.4 is 4.72 Å². The van der Waals surface area contributed by atoms with E-state index in [9.17, 15) is 8.42 Å². The van der Waals surface area contributed by atoms with E-state index in [0.717, 1.165) is 16.7 Å². The van der Waals surface area contributed by atoms with E-state index in [1.807, 2.05) is 63.2 Å². The van der Waals surface area contributed by atoms with Crippen LogP contribution in [0.1, 0.15) is 35.2 Å². The molecule has 0 aliphatic rings. The second-order valence-corrected chi connectivity index (χ2v) is 7.20. The molecule has 1 N–H and O–H groups in total. The monoisotopic (exact) mass is 303 g/mol. The number of hydrogen-bond acceptors (Lipinski definition) is 2. The van der Waals surface area contributed by atoms with Gasteiger partial charge in [0.25, 0.3) is 0 Å². The molecule has 0 heterocycles. The molecule has 3 nitrogen and oxygen atoms in total. The molecule has 4 heteroatoms. The van der Waals surface area contributed by atoms with Crippen LogP contribution in [0.25, 0.3) is 0 Å². The fraction of sp³-hybridized carbons (Fsp3) is 0.294. The normalized spacial score (nSPS) is 13.1. The minimum atomic E-state index is -3.36. The second-order valence-electron chi connectivity index (χ2n) is 5.44. The Morgan fingerprint density at radius 3 is 2.33 bits per heavy atom. The predicted molar refractivity (Wildman–Crippen MR) is 86.5 cm³/mol. The highest BCUT2D eigenvalue weighted by Gasteiger charge is 2.17. The average Bonchev–Trinajstić information content (AvgIpc) is 2.38. The van der Waals surface area contributed by atoms with Gasteiger partial charge in [-0.15, -0.1) is 0 Å². The van der Waals surface area contributed by atoms with E-state index in [4.69, 9.17) is 0 Å². The van der Waals surface area contributed by atoms with Gasteiger partial charge >= 0.3 is 0 Å². The average molecular weight is 303 g/mol. The van der Waals surface area contributed by atoms with Crippen LogP contribution in [-0.4, -0.2) is 8.42 Å². The van der Waals surface area contributed by atoms with Gasteiger partial charge in [0.1, 0.15) is 0 Å². The van der Waals surface area contributed by atoms with E-state index in [-0.39, 0.29) is 11.8 Å². The summed E-state index contributed by atoms with van der Waals surface area (Å²) in [5, 5.41) is 0. The third kappa shape index (κ3) is 4.41. The Morgan fingerprint density at radius 2 is 1.71 bits per heavy atom. The van der Waals surface area contributed by atoms with Crippen molar-refractivity contribution in [2.45, 2.75) is 32.6 Å². The SMILES string of the molecule is Cc1ccc([C@@H](C)NS(=O)(=O)Cc2ccccc2)c(C)c1. The van der Waals surface area contributed by atoms with Crippen LogP contribution in [0.5, 0.6) is 0 Å². The van der Waals surface area contributed by atoms with Crippen molar-refractivity contribution < 1.29 is 8.42 Å². The first-order valence-corrected chi connectivity index (χ1v) is 8.64. The summed E-state index contributed by atoms with van der Waals surface area (Å²) in [6.45, 7) is 5.91. The molecule has 2 aromatic carbocycles. The van der Waals surface area contributed by atoms with Crippen molar-refractivity contribution in [3.8, 4) is 0 Å². The minimum absolute atomic E-state index is 0.00306. The van der Waals surface area contributed by atoms with Gasteiger partial charge in [0.15, 0.2) is 0 Å². The molecule has 0 aliphatic carbocycles. The van der Waals surface area contributed by atoms with Crippen molar-refractivity contribution in [2.24, 2.45) is 0 Å². The summed E-state index contributed by atoms with van der Waals surface area (Å²) < 4.78 is 27.3. The lowest BCUT2D eigenvalue weighted by atomic mass is 10.0. The van der Waals surface area contributed by atoms with Gasteiger partial charge in [0, 0.05) is 6.04 Å². The van der Waals surface area contributed by atoms with Crippen molar-refractivity contribution in [3.05, 3.63) is 70.8 Å². The number of sulfonamides is 1. The van der Waals surface area contributed by atoms with Crippen molar-refractivity contribution in [1.82, 2.24) is 4.72 Å². The summed E-state index contributed by atoms with van der Waals surface area (Å²) in [5.74, 6) is 0.00306. The molecule has 1 atom stereocenters. The number of hydrogen-bond donors (Lipinski definition) is 1. The van der Waals surface area contributed by atoms with Crippen molar-refractivity contribution >= 4 is 10.0 Å². The van der Waals surface area contributed by atoms with Gasteiger partial charge in [-0.2, -0.15) is 0 Å². The highest BCUT2D eigenvalue weighted by molar-refractivity contribution is 7.88. The summed E-state index contributed by atoms with van der Waals surface area (Å²) in [6.07, 6.45) is 0. The molecule has 0 saturated carbocycles. The largest absolute Gasteiger partial charge is 0.216 e. The van der Waals surface area contributed by atoms with Crippen LogP contribution in [0.4, 0.5) is 0 Å². The Hall–Kier alpha value is -1.65. The van der Waals surface area contributed by atoms with Crippen molar-refractivity contribution in [3.63, 3.8) is 0 Å². The smallest absolute Gasteiger partial charge is 0.212 e. The molecule has 21 heavy (non-hydrogen) atoms. The lowest BCUT2D eigenvalue weighted by molar-refractivity contribution is 0.565. The number of benzene rings is 2. The topological polar surface area (TPSA) is 46.2 Å². The van der Waals surface area contributed by atoms with Crippen LogP contribution >= 0.6 is 0 Å². The minimum Gasteiger partial charge on any atom is -0.212 e. The van der Waals surface area contributed by atoms with E-state index in [0.29, 0.717) is 0 Å². The molecule has 0 aliphatic heterocycles. The van der Waals surface area contributed by atoms with E-state index in [1.54, 1.807) is 0 Å². The van der Waals surface area contributed by atoms with Gasteiger partial charge in [0.2, 0.25) is 10.0 Å². The third-order valence-electron chi connectivity index (χ3n) is 3.45. The fourth-order valence-electron chi connectivity index (χ4n) is 2.48. The summed E-state index contributed by atoms with van der Waals surface area (Å²) in [7, 11) is -3.36. The summed E-state index contributed by atoms with van der Waals surface area (Å²) in [6, 6.07) is 15.0. The van der Waals surface area contributed by atoms with Crippen LogP contribution in [0.3, 0.4) is 0 Å². The zero-order valence-corrected chi connectivity index (χ0v) is 13.4. The summed E-state index contributed by atoms with van der Waals surface area (Å²) >= 11 is 0. The van der Waals surface area contributed by atoms with Crippen LogP contribution in [0.15, 0.2) is 48.5 Å². The second kappa shape index (κ2) is 6.41. The standard InChI is InChI=1S/C17H21NO2S/c1-13-9-10-17(14(2)11-13)15(3)18-21(19,20)12-16-7-5-4-6-8-16/h4-11,15,18H,12H2,1-3H3/t15-/m1/s1. The Bertz CT molecular complexity index is 709. The third-order valence-corrected chi connectivity index (χ3v) is 4.87. The zero-order chi connectivity index (χ0) is 15.5. The van der Waals surface area contributed by atoms with Crippen LogP contribution in [0, 0.1) is 13.8 Å². The van der Waals surface area contributed by atoms with Crippen LogP contribution in [-0.2, 0) is 15.8 Å². The number of rotatable bonds is 5. The Labute approximate surface area is 127 Å². The van der Waals surface area contributed by atoms with E-state index >= 15 is 0 Å². The molecule has 0 saturated heterocycles. The highest BCUT2D eigenvalue weighted by Crippen LogP contribution is 2.20. The van der Waals surface area contributed by atoms with Gasteiger partial charge in [-0.05, 0) is 37.5 Å². The molecule has 0 amide bonds. The maximum Gasteiger partial charge on any atom is 0.216 e. The molecule has 0 bridgehead atoms. The number of nitrogens with one attached hydrogen (secondary N) is 1. The first-order chi connectivity index (χ1) is 9.87. The molecule has 112 valence electrons. The maximum absolute atomic E-state index is 12.3. The van der Waals surface area contributed by atoms with Gasteiger partial charge in [-0.25, -0.2) is 13.1 Å². The Morgan fingerprint density at radius 1 is 1.05 bits per heavy atom. The molecular weight excluding hydrogens is 282 g/mol. The number of aryl methyl sites for hydroxylation is 2. The van der Waals surface area contributed by atoms with Gasteiger partial charge in [-0.3, -0.25) is 0 Å². The molecule has 0 unspecified atom stereocenters. The van der Waals surface area contributed by atoms with E-state index in [1.165, 1.54) is 5.56 Å². The van der Waals surface area contributed by atoms with Crippen molar-refractivity contribution in [2.75, 3.05) is 0 Å². The first kappa shape index (κ1) is 15.7. The molecule has 0 fully saturated rings. The van der Waals surface area contributed by atoms with Crippen molar-refractivity contribution in [1.29, 1.82) is 0 Å². The van der Waals surface area contributed by atoms with E-state index in [2.05, 4.69) is 10.8 Å². The molecule has 0 radical (unpaired) electrons. The summed E-state index contributed by atoms with van der Waals surface area (Å²) in [4.78, 5) is 0. The molecule has 0 aromatic heterocycles. The summed E-state index contributed by atoms with van der Waals surface area (Å²) in [5.41, 5.74) is 4.08. The quantitative estimate of drug-likeness (QED) is 0.919. The molecule has 0 spiro atoms. The van der Waals surface area contributed by atoms with Gasteiger partial charge in [-0.1, -0.05) is 54.1 Å². The molecule has 2 aromatic rings. The maximum atomic E-state index is 12.3. The van der Waals surface area contributed by atoms with Gasteiger partial charge in [0.05, 0.1) is 5.75 Å². The zero-order valence-electron chi connectivity index (χ0n) is 12.6. The lowest BCUT2D eigenvalue weighted by Gasteiger charge is -2.17.